The Hall–Kier alpha value is -0.820. The zero-order chi connectivity index (χ0) is 9.42. The van der Waals surface area contributed by atoms with E-state index in [1.165, 1.54) is 23.1 Å². The molecule has 0 bridgehead atoms. The van der Waals surface area contributed by atoms with E-state index in [1.54, 1.807) is 0 Å². The second kappa shape index (κ2) is 3.15. The van der Waals surface area contributed by atoms with E-state index in [0.29, 0.717) is 18.4 Å². The lowest BCUT2D eigenvalue weighted by molar-refractivity contribution is 0.274. The van der Waals surface area contributed by atoms with Crippen LogP contribution in [0.2, 0.25) is 0 Å². The van der Waals surface area contributed by atoms with Crippen LogP contribution in [-0.2, 0) is 0 Å². The Kier molecular flexibility index (Phi) is 2.12. The highest BCUT2D eigenvalue weighted by Gasteiger charge is 2.38. The molecule has 1 aliphatic carbocycles. The lowest BCUT2D eigenvalue weighted by atomic mass is 9.98. The predicted molar refractivity (Wildman–Crippen MR) is 53.8 cm³/mol. The summed E-state index contributed by atoms with van der Waals surface area (Å²) in [4.78, 5) is 0. The van der Waals surface area contributed by atoms with E-state index in [9.17, 15) is 0 Å². The van der Waals surface area contributed by atoms with Gasteiger partial charge in [-0.3, -0.25) is 0 Å². The summed E-state index contributed by atoms with van der Waals surface area (Å²) in [7, 11) is 0. The average molecular weight is 176 g/mol. The van der Waals surface area contributed by atoms with Crippen molar-refractivity contribution in [1.82, 2.24) is 0 Å². The minimum atomic E-state index is 0.346. The van der Waals surface area contributed by atoms with E-state index in [1.807, 2.05) is 0 Å². The van der Waals surface area contributed by atoms with Gasteiger partial charge in [0.05, 0.1) is 0 Å². The molecule has 1 N–H and O–H groups in total. The third kappa shape index (κ3) is 1.49. The Morgan fingerprint density at radius 1 is 1.31 bits per heavy atom. The van der Waals surface area contributed by atoms with Gasteiger partial charge < -0.3 is 5.11 Å². The number of aliphatic hydroxyl groups excluding tert-OH is 1. The summed E-state index contributed by atoms with van der Waals surface area (Å²) in [5, 5.41) is 9.02. The first-order valence-corrected chi connectivity index (χ1v) is 4.91. The first-order valence-electron chi connectivity index (χ1n) is 4.91. The van der Waals surface area contributed by atoms with Crippen LogP contribution < -0.4 is 0 Å². The summed E-state index contributed by atoms with van der Waals surface area (Å²) in [6.45, 7) is 4.67. The third-order valence-corrected chi connectivity index (χ3v) is 3.07. The molecule has 0 heterocycles. The zero-order valence-corrected chi connectivity index (χ0v) is 8.25. The molecule has 1 fully saturated rings. The van der Waals surface area contributed by atoms with E-state index in [2.05, 4.69) is 32.0 Å². The molecule has 0 amide bonds. The molecule has 2 rings (SSSR count). The van der Waals surface area contributed by atoms with Crippen LogP contribution in [0.25, 0.3) is 0 Å². The van der Waals surface area contributed by atoms with Crippen LogP contribution >= 0.6 is 0 Å². The first kappa shape index (κ1) is 8.76. The molecule has 0 radical (unpaired) electrons. The van der Waals surface area contributed by atoms with Gasteiger partial charge in [0.1, 0.15) is 0 Å². The molecule has 1 aromatic rings. The minimum Gasteiger partial charge on any atom is -0.396 e. The van der Waals surface area contributed by atoms with Crippen molar-refractivity contribution < 1.29 is 5.11 Å². The number of benzene rings is 1. The first-order chi connectivity index (χ1) is 6.24. The summed E-state index contributed by atoms with van der Waals surface area (Å²) in [6, 6.07) is 6.43. The normalized spacial score (nSPS) is 26.1. The second-order valence-electron chi connectivity index (χ2n) is 4.09. The molecule has 1 aromatic carbocycles. The fourth-order valence-electron chi connectivity index (χ4n) is 2.22. The van der Waals surface area contributed by atoms with Crippen molar-refractivity contribution in [3.63, 3.8) is 0 Å². The molecule has 1 nitrogen and oxygen atoms in total. The van der Waals surface area contributed by atoms with Gasteiger partial charge in [-0.25, -0.2) is 0 Å². The molecule has 1 aliphatic rings. The van der Waals surface area contributed by atoms with Crippen LogP contribution in [-0.4, -0.2) is 11.7 Å². The van der Waals surface area contributed by atoms with Crippen molar-refractivity contribution in [2.24, 2.45) is 5.92 Å². The smallest absolute Gasteiger partial charge is 0.0465 e. The summed E-state index contributed by atoms with van der Waals surface area (Å²) in [6.07, 6.45) is 1.17. The SMILES string of the molecule is Cc1cccc(C)c1C1CC1CO. The number of aliphatic hydroxyl groups is 1. The molecule has 1 heteroatoms. The van der Waals surface area contributed by atoms with Crippen molar-refractivity contribution in [1.29, 1.82) is 0 Å². The maximum Gasteiger partial charge on any atom is 0.0465 e. The van der Waals surface area contributed by atoms with Crippen LogP contribution in [0.15, 0.2) is 18.2 Å². The molecule has 1 saturated carbocycles. The predicted octanol–water partition coefficient (Wildman–Crippen LogP) is 2.40. The molecule has 0 saturated heterocycles. The fraction of sp³-hybridized carbons (Fsp3) is 0.500. The Bertz CT molecular complexity index is 297. The number of rotatable bonds is 2. The van der Waals surface area contributed by atoms with E-state index >= 15 is 0 Å². The van der Waals surface area contributed by atoms with Crippen molar-refractivity contribution in [2.45, 2.75) is 26.2 Å². The maximum absolute atomic E-state index is 9.02. The van der Waals surface area contributed by atoms with E-state index in [4.69, 9.17) is 5.11 Å². The van der Waals surface area contributed by atoms with E-state index in [-0.39, 0.29) is 0 Å². The van der Waals surface area contributed by atoms with Crippen molar-refractivity contribution in [3.05, 3.63) is 34.9 Å². The quantitative estimate of drug-likeness (QED) is 0.733. The van der Waals surface area contributed by atoms with Gasteiger partial charge in [-0.05, 0) is 48.8 Å². The molecular weight excluding hydrogens is 160 g/mol. The summed E-state index contributed by atoms with van der Waals surface area (Å²) < 4.78 is 0. The van der Waals surface area contributed by atoms with Crippen LogP contribution in [0.5, 0.6) is 0 Å². The molecule has 2 unspecified atom stereocenters. The molecule has 13 heavy (non-hydrogen) atoms. The van der Waals surface area contributed by atoms with Gasteiger partial charge in [0.15, 0.2) is 0 Å². The molecule has 70 valence electrons. The highest BCUT2D eigenvalue weighted by atomic mass is 16.3. The molecule has 0 aliphatic heterocycles. The lowest BCUT2D eigenvalue weighted by Gasteiger charge is -2.08. The van der Waals surface area contributed by atoms with Gasteiger partial charge >= 0.3 is 0 Å². The highest BCUT2D eigenvalue weighted by Crippen LogP contribution is 2.49. The van der Waals surface area contributed by atoms with E-state index in [0.717, 1.165) is 0 Å². The van der Waals surface area contributed by atoms with Gasteiger partial charge in [-0.15, -0.1) is 0 Å². The average Bonchev–Trinajstić information content (AvgIpc) is 2.83. The number of aryl methyl sites for hydroxylation is 2. The standard InChI is InChI=1S/C12H16O/c1-8-4-3-5-9(2)12(8)11-6-10(11)7-13/h3-5,10-11,13H,6-7H2,1-2H3. The Morgan fingerprint density at radius 3 is 2.38 bits per heavy atom. The van der Waals surface area contributed by atoms with Crippen molar-refractivity contribution in [2.75, 3.05) is 6.61 Å². The van der Waals surface area contributed by atoms with Gasteiger partial charge in [-0.1, -0.05) is 18.2 Å². The lowest BCUT2D eigenvalue weighted by Crippen LogP contribution is -1.94. The van der Waals surface area contributed by atoms with Gasteiger partial charge in [0.25, 0.3) is 0 Å². The van der Waals surface area contributed by atoms with Gasteiger partial charge in [-0.2, -0.15) is 0 Å². The molecular formula is C12H16O. The fourth-order valence-corrected chi connectivity index (χ4v) is 2.22. The summed E-state index contributed by atoms with van der Waals surface area (Å²) >= 11 is 0. The second-order valence-corrected chi connectivity index (χ2v) is 4.09. The van der Waals surface area contributed by atoms with Crippen molar-refractivity contribution >= 4 is 0 Å². The van der Waals surface area contributed by atoms with Crippen LogP contribution in [0.4, 0.5) is 0 Å². The summed E-state index contributed by atoms with van der Waals surface area (Å²) in [5.41, 5.74) is 4.23. The highest BCUT2D eigenvalue weighted by molar-refractivity contribution is 5.39. The minimum absolute atomic E-state index is 0.346. The largest absolute Gasteiger partial charge is 0.396 e. The maximum atomic E-state index is 9.02. The zero-order valence-electron chi connectivity index (χ0n) is 8.25. The number of hydrogen-bond donors (Lipinski definition) is 1. The third-order valence-electron chi connectivity index (χ3n) is 3.07. The van der Waals surface area contributed by atoms with Crippen LogP contribution in [0.3, 0.4) is 0 Å². The Labute approximate surface area is 79.4 Å². The number of hydrogen-bond acceptors (Lipinski definition) is 1. The van der Waals surface area contributed by atoms with Gasteiger partial charge in [0.2, 0.25) is 0 Å². The molecule has 0 aromatic heterocycles. The molecule has 2 atom stereocenters. The van der Waals surface area contributed by atoms with E-state index < -0.39 is 0 Å². The Balaban J connectivity index is 2.30. The molecule has 0 spiro atoms. The van der Waals surface area contributed by atoms with Crippen LogP contribution in [0.1, 0.15) is 29.0 Å². The summed E-state index contributed by atoms with van der Waals surface area (Å²) in [5.74, 6) is 1.16. The monoisotopic (exact) mass is 176 g/mol. The topological polar surface area (TPSA) is 20.2 Å². The van der Waals surface area contributed by atoms with Crippen LogP contribution in [0, 0.1) is 19.8 Å². The van der Waals surface area contributed by atoms with Crippen molar-refractivity contribution in [3.8, 4) is 0 Å². The Morgan fingerprint density at radius 2 is 1.92 bits per heavy atom. The van der Waals surface area contributed by atoms with Gasteiger partial charge in [0, 0.05) is 6.61 Å².